The number of hydrogen-bond acceptors (Lipinski definition) is 4. The maximum absolute atomic E-state index is 10.9. The zero-order valence-electron chi connectivity index (χ0n) is 11.6. The van der Waals surface area contributed by atoms with Crippen molar-refractivity contribution >= 4 is 5.69 Å². The molecule has 0 bridgehead atoms. The highest BCUT2D eigenvalue weighted by molar-refractivity contribution is 5.46. The van der Waals surface area contributed by atoms with Gasteiger partial charge in [0.2, 0.25) is 0 Å². The van der Waals surface area contributed by atoms with Crippen LogP contribution in [0.2, 0.25) is 0 Å². The summed E-state index contributed by atoms with van der Waals surface area (Å²) < 4.78 is 11.5. The number of rotatable bonds is 3. The Morgan fingerprint density at radius 1 is 1.24 bits per heavy atom. The minimum Gasteiger partial charge on any atom is -0.485 e. The molecular weight excluding hydrogens is 270 g/mol. The van der Waals surface area contributed by atoms with Crippen LogP contribution < -0.4 is 4.74 Å². The van der Waals surface area contributed by atoms with Gasteiger partial charge in [-0.1, -0.05) is 30.3 Å². The van der Waals surface area contributed by atoms with Crippen LogP contribution in [0, 0.1) is 10.1 Å². The Morgan fingerprint density at radius 3 is 2.67 bits per heavy atom. The normalized spacial score (nSPS) is 20.4. The Morgan fingerprint density at radius 2 is 2.00 bits per heavy atom. The molecule has 21 heavy (non-hydrogen) atoms. The van der Waals surface area contributed by atoms with Crippen molar-refractivity contribution < 1.29 is 14.4 Å². The molecule has 0 amide bonds. The summed E-state index contributed by atoms with van der Waals surface area (Å²) in [5.41, 5.74) is 1.86. The van der Waals surface area contributed by atoms with E-state index >= 15 is 0 Å². The molecule has 2 atom stereocenters. The van der Waals surface area contributed by atoms with Crippen LogP contribution in [0.4, 0.5) is 5.69 Å². The molecule has 3 rings (SSSR count). The van der Waals surface area contributed by atoms with Gasteiger partial charge in [-0.05, 0) is 11.6 Å². The van der Waals surface area contributed by atoms with Crippen molar-refractivity contribution in [3.05, 3.63) is 69.8 Å². The Labute approximate surface area is 122 Å². The second-order valence-corrected chi connectivity index (χ2v) is 4.96. The molecule has 2 aromatic rings. The Kier molecular flexibility index (Phi) is 3.58. The van der Waals surface area contributed by atoms with Crippen molar-refractivity contribution in [2.24, 2.45) is 0 Å². The Hall–Kier alpha value is -2.40. The SMILES string of the molecule is CO[C@@H]1C[C@H](c2ccccc2)Oc2ccc([N+](=O)[O-])cc21. The van der Waals surface area contributed by atoms with Crippen molar-refractivity contribution in [2.45, 2.75) is 18.6 Å². The molecule has 0 unspecified atom stereocenters. The third kappa shape index (κ3) is 2.60. The number of non-ortho nitro benzene ring substituents is 1. The predicted octanol–water partition coefficient (Wildman–Crippen LogP) is 3.81. The second-order valence-electron chi connectivity index (χ2n) is 4.96. The predicted molar refractivity (Wildman–Crippen MR) is 77.3 cm³/mol. The largest absolute Gasteiger partial charge is 0.485 e. The Bertz CT molecular complexity index is 657. The highest BCUT2D eigenvalue weighted by Gasteiger charge is 2.30. The van der Waals surface area contributed by atoms with Crippen LogP contribution in [0.25, 0.3) is 0 Å². The van der Waals surface area contributed by atoms with Gasteiger partial charge in [-0.15, -0.1) is 0 Å². The topological polar surface area (TPSA) is 61.6 Å². The van der Waals surface area contributed by atoms with Gasteiger partial charge >= 0.3 is 0 Å². The number of benzene rings is 2. The van der Waals surface area contributed by atoms with Crippen LogP contribution in [-0.4, -0.2) is 12.0 Å². The van der Waals surface area contributed by atoms with E-state index in [1.54, 1.807) is 13.2 Å². The van der Waals surface area contributed by atoms with Gasteiger partial charge < -0.3 is 9.47 Å². The first-order valence-electron chi connectivity index (χ1n) is 6.72. The molecule has 5 heteroatoms. The van der Waals surface area contributed by atoms with E-state index in [1.807, 2.05) is 30.3 Å². The number of nitrogens with zero attached hydrogens (tertiary/aromatic N) is 1. The van der Waals surface area contributed by atoms with Crippen molar-refractivity contribution in [1.82, 2.24) is 0 Å². The molecule has 1 aliphatic heterocycles. The van der Waals surface area contributed by atoms with E-state index in [1.165, 1.54) is 12.1 Å². The van der Waals surface area contributed by atoms with E-state index < -0.39 is 4.92 Å². The molecule has 0 aromatic heterocycles. The van der Waals surface area contributed by atoms with Crippen molar-refractivity contribution in [1.29, 1.82) is 0 Å². The number of hydrogen-bond donors (Lipinski definition) is 0. The van der Waals surface area contributed by atoms with E-state index in [4.69, 9.17) is 9.47 Å². The van der Waals surface area contributed by atoms with Crippen molar-refractivity contribution in [2.75, 3.05) is 7.11 Å². The average Bonchev–Trinajstić information content (AvgIpc) is 2.54. The summed E-state index contributed by atoms with van der Waals surface area (Å²) in [5, 5.41) is 10.9. The zero-order valence-corrected chi connectivity index (χ0v) is 11.6. The first-order valence-corrected chi connectivity index (χ1v) is 6.72. The fourth-order valence-electron chi connectivity index (χ4n) is 2.63. The van der Waals surface area contributed by atoms with Crippen LogP contribution in [0.3, 0.4) is 0 Å². The lowest BCUT2D eigenvalue weighted by atomic mass is 9.94. The van der Waals surface area contributed by atoms with Gasteiger partial charge in [0.15, 0.2) is 0 Å². The molecule has 0 saturated carbocycles. The molecule has 0 saturated heterocycles. The third-order valence-electron chi connectivity index (χ3n) is 3.70. The minimum atomic E-state index is -0.406. The lowest BCUT2D eigenvalue weighted by Gasteiger charge is -2.31. The van der Waals surface area contributed by atoms with Gasteiger partial charge in [0, 0.05) is 31.2 Å². The number of methoxy groups -OCH3 is 1. The van der Waals surface area contributed by atoms with E-state index in [9.17, 15) is 10.1 Å². The van der Waals surface area contributed by atoms with Gasteiger partial charge in [-0.25, -0.2) is 0 Å². The lowest BCUT2D eigenvalue weighted by Crippen LogP contribution is -2.20. The van der Waals surface area contributed by atoms with Crippen molar-refractivity contribution in [3.63, 3.8) is 0 Å². The van der Waals surface area contributed by atoms with Gasteiger partial charge in [0.25, 0.3) is 5.69 Å². The molecule has 0 fully saturated rings. The first-order chi connectivity index (χ1) is 10.2. The van der Waals surface area contributed by atoms with Gasteiger partial charge in [0.1, 0.15) is 11.9 Å². The average molecular weight is 285 g/mol. The fraction of sp³-hybridized carbons (Fsp3) is 0.250. The molecule has 5 nitrogen and oxygen atoms in total. The molecular formula is C16H15NO4. The van der Waals surface area contributed by atoms with E-state index in [0.717, 1.165) is 11.1 Å². The monoisotopic (exact) mass is 285 g/mol. The number of fused-ring (bicyclic) bond motifs is 1. The third-order valence-corrected chi connectivity index (χ3v) is 3.70. The summed E-state index contributed by atoms with van der Waals surface area (Å²) in [6, 6.07) is 14.5. The van der Waals surface area contributed by atoms with Crippen LogP contribution in [0.1, 0.15) is 29.8 Å². The van der Waals surface area contributed by atoms with Crippen LogP contribution in [0.5, 0.6) is 5.75 Å². The van der Waals surface area contributed by atoms with E-state index in [2.05, 4.69) is 0 Å². The number of nitro groups is 1. The highest BCUT2D eigenvalue weighted by Crippen LogP contribution is 2.43. The molecule has 0 N–H and O–H groups in total. The number of nitro benzene ring substituents is 1. The maximum atomic E-state index is 10.9. The van der Waals surface area contributed by atoms with E-state index in [0.29, 0.717) is 12.2 Å². The van der Waals surface area contributed by atoms with Gasteiger partial charge in [-0.3, -0.25) is 10.1 Å². The summed E-state index contributed by atoms with van der Waals surface area (Å²) in [7, 11) is 1.61. The summed E-state index contributed by atoms with van der Waals surface area (Å²) >= 11 is 0. The second kappa shape index (κ2) is 5.54. The van der Waals surface area contributed by atoms with Crippen LogP contribution >= 0.6 is 0 Å². The zero-order chi connectivity index (χ0) is 14.8. The summed E-state index contributed by atoms with van der Waals surface area (Å²) in [5.74, 6) is 0.646. The molecule has 0 radical (unpaired) electrons. The standard InChI is InChI=1S/C16H15NO4/c1-20-16-10-15(11-5-3-2-4-6-11)21-14-8-7-12(17(18)19)9-13(14)16/h2-9,15-16H,10H2,1H3/t15-,16-/m1/s1. The number of ether oxygens (including phenoxy) is 2. The van der Waals surface area contributed by atoms with Crippen LogP contribution in [-0.2, 0) is 4.74 Å². The fourth-order valence-corrected chi connectivity index (χ4v) is 2.63. The lowest BCUT2D eigenvalue weighted by molar-refractivity contribution is -0.385. The van der Waals surface area contributed by atoms with Crippen LogP contribution in [0.15, 0.2) is 48.5 Å². The smallest absolute Gasteiger partial charge is 0.270 e. The quantitative estimate of drug-likeness (QED) is 0.635. The van der Waals surface area contributed by atoms with Crippen molar-refractivity contribution in [3.8, 4) is 5.75 Å². The highest BCUT2D eigenvalue weighted by atomic mass is 16.6. The maximum Gasteiger partial charge on any atom is 0.270 e. The Balaban J connectivity index is 1.97. The van der Waals surface area contributed by atoms with E-state index in [-0.39, 0.29) is 17.9 Å². The van der Waals surface area contributed by atoms with Gasteiger partial charge in [0.05, 0.1) is 11.0 Å². The summed E-state index contributed by atoms with van der Waals surface area (Å²) in [4.78, 5) is 10.5. The first kappa shape index (κ1) is 13.6. The molecule has 1 heterocycles. The molecule has 0 aliphatic carbocycles. The summed E-state index contributed by atoms with van der Waals surface area (Å²) in [6.45, 7) is 0. The summed E-state index contributed by atoms with van der Waals surface area (Å²) in [6.07, 6.45) is 0.318. The molecule has 2 aromatic carbocycles. The minimum absolute atomic E-state index is 0.0533. The molecule has 108 valence electrons. The molecule has 1 aliphatic rings. The van der Waals surface area contributed by atoms with Gasteiger partial charge in [-0.2, -0.15) is 0 Å². The molecule has 0 spiro atoms.